The number of benzene rings is 1. The maximum atomic E-state index is 13.1. The molecule has 2 aromatic heterocycles. The van der Waals surface area contributed by atoms with Crippen LogP contribution in [-0.2, 0) is 14.4 Å². The number of thiazole rings is 1. The number of anilines is 1. The zero-order valence-electron chi connectivity index (χ0n) is 20.7. The van der Waals surface area contributed by atoms with E-state index in [1.807, 2.05) is 6.92 Å². The highest BCUT2D eigenvalue weighted by molar-refractivity contribution is 8.01. The molecule has 1 fully saturated rings. The van der Waals surface area contributed by atoms with Crippen LogP contribution in [-0.4, -0.2) is 76.1 Å². The predicted octanol–water partition coefficient (Wildman–Crippen LogP) is 2.98. The molecule has 1 unspecified atom stereocenters. The third kappa shape index (κ3) is 5.39. The van der Waals surface area contributed by atoms with E-state index in [2.05, 4.69) is 20.5 Å². The van der Waals surface area contributed by atoms with Crippen molar-refractivity contribution in [2.75, 3.05) is 17.2 Å². The molecule has 16 heteroatoms. The number of carboxylic acid groups (broad SMARTS) is 1. The lowest BCUT2D eigenvalue weighted by Crippen LogP contribution is -2.70. The maximum Gasteiger partial charge on any atom is 0.352 e. The summed E-state index contributed by atoms with van der Waals surface area (Å²) in [4.78, 5) is 43.7. The molecule has 12 nitrogen and oxygen atoms in total. The highest BCUT2D eigenvalue weighted by Gasteiger charge is 2.54. The number of rotatable bonds is 9. The largest absolute Gasteiger partial charge is 0.504 e. The minimum atomic E-state index is -1.22. The molecule has 40 heavy (non-hydrogen) atoms. The van der Waals surface area contributed by atoms with Crippen molar-refractivity contribution in [3.63, 3.8) is 0 Å². The number of β-lactam (4-membered cyclic amide) rings is 1. The summed E-state index contributed by atoms with van der Waals surface area (Å²) < 4.78 is 0.574. The highest BCUT2D eigenvalue weighted by Crippen LogP contribution is 2.42. The fourth-order valence-electron chi connectivity index (χ4n) is 4.13. The number of carbonyl (C=O) groups excluding carboxylic acids is 2. The Hall–Kier alpha value is -3.60. The molecule has 2 aliphatic rings. The van der Waals surface area contributed by atoms with Crippen LogP contribution >= 0.6 is 46.2 Å². The van der Waals surface area contributed by atoms with Crippen molar-refractivity contribution in [1.82, 2.24) is 25.4 Å². The quantitative estimate of drug-likeness (QED) is 0.102. The van der Waals surface area contributed by atoms with Gasteiger partial charge in [0.25, 0.3) is 11.8 Å². The number of allylic oxidation sites excluding steroid dienone is 1. The fraction of sp³-hybridized carbons (Fsp3) is 0.250. The van der Waals surface area contributed by atoms with Crippen molar-refractivity contribution in [1.29, 1.82) is 0 Å². The zero-order chi connectivity index (χ0) is 28.6. The SMILES string of the molecule is CC/C=C(/C(=O)NC1C(=O)N2C(C(=O)O)=C(CSc3nnc(-c4ccc(O)c(O)c4)s3)CS[C@H]12)c1csc(N)n1. The van der Waals surface area contributed by atoms with Gasteiger partial charge >= 0.3 is 5.97 Å². The summed E-state index contributed by atoms with van der Waals surface area (Å²) in [5.41, 5.74) is 7.50. The third-order valence-corrected chi connectivity index (χ3v) is 10.2. The van der Waals surface area contributed by atoms with E-state index in [1.54, 1.807) is 17.5 Å². The number of nitrogen functional groups attached to an aromatic ring is 1. The van der Waals surface area contributed by atoms with E-state index in [0.717, 1.165) is 0 Å². The first-order chi connectivity index (χ1) is 19.2. The summed E-state index contributed by atoms with van der Waals surface area (Å²) in [5, 5.41) is 42.2. The van der Waals surface area contributed by atoms with Gasteiger partial charge in [-0.15, -0.1) is 33.3 Å². The number of amides is 2. The molecule has 2 amide bonds. The Labute approximate surface area is 244 Å². The second-order valence-corrected chi connectivity index (χ2v) is 12.8. The number of carboxylic acids is 1. The molecule has 0 aliphatic carbocycles. The lowest BCUT2D eigenvalue weighted by molar-refractivity contribution is -0.150. The molecule has 1 aromatic carbocycles. The van der Waals surface area contributed by atoms with Crippen molar-refractivity contribution in [2.45, 2.75) is 29.1 Å². The number of aromatic nitrogens is 3. The standard InChI is InChI=1S/C24H22N6O6S4/c1-2-3-12(13-9-38-23(25)26-13)18(33)27-16-20(34)30-17(22(35)36)11(7-37-21(16)30)8-39-24-29-28-19(40-24)10-4-5-14(31)15(32)6-10/h3-6,9,16,21,31-32H,2,7-8H2,1H3,(H2,25,26)(H,27,33)(H,35,36)/b12-3+/t16?,21-/m1/s1. The lowest BCUT2D eigenvalue weighted by atomic mass is 10.0. The van der Waals surface area contributed by atoms with E-state index in [9.17, 15) is 29.7 Å². The number of phenols is 2. The predicted molar refractivity (Wildman–Crippen MR) is 154 cm³/mol. The number of carbonyl (C=O) groups is 3. The van der Waals surface area contributed by atoms with Gasteiger partial charge in [-0.3, -0.25) is 14.5 Å². The number of nitrogens with zero attached hydrogens (tertiary/aromatic N) is 4. The molecule has 0 bridgehead atoms. The van der Waals surface area contributed by atoms with Crippen LogP contribution < -0.4 is 11.1 Å². The number of phenolic OH excluding ortho intramolecular Hbond substituents is 2. The minimum absolute atomic E-state index is 0.0865. The van der Waals surface area contributed by atoms with Gasteiger partial charge in [-0.05, 0) is 30.2 Å². The first kappa shape index (κ1) is 27.9. The number of thioether (sulfide) groups is 2. The molecule has 1 saturated heterocycles. The first-order valence-corrected chi connectivity index (χ1v) is 15.5. The van der Waals surface area contributed by atoms with Gasteiger partial charge in [0, 0.05) is 22.4 Å². The Bertz CT molecular complexity index is 1570. The van der Waals surface area contributed by atoms with Gasteiger partial charge in [0.05, 0.1) is 11.3 Å². The Morgan fingerprint density at radius 2 is 2.08 bits per heavy atom. The Morgan fingerprint density at radius 1 is 1.27 bits per heavy atom. The van der Waals surface area contributed by atoms with Crippen molar-refractivity contribution >= 4 is 74.7 Å². The van der Waals surface area contributed by atoms with Gasteiger partial charge in [0.15, 0.2) is 21.0 Å². The summed E-state index contributed by atoms with van der Waals surface area (Å²) in [6.07, 6.45) is 2.28. The molecule has 2 atom stereocenters. The average molecular weight is 619 g/mol. The number of fused-ring (bicyclic) bond motifs is 1. The van der Waals surface area contributed by atoms with E-state index < -0.39 is 29.2 Å². The van der Waals surface area contributed by atoms with Crippen LogP contribution in [0.3, 0.4) is 0 Å². The normalized spacial score (nSPS) is 18.9. The molecule has 208 valence electrons. The monoisotopic (exact) mass is 618 g/mol. The topological polar surface area (TPSA) is 192 Å². The van der Waals surface area contributed by atoms with E-state index >= 15 is 0 Å². The van der Waals surface area contributed by atoms with Crippen molar-refractivity contribution in [3.8, 4) is 22.1 Å². The van der Waals surface area contributed by atoms with Crippen LogP contribution in [0.15, 0.2) is 45.3 Å². The second-order valence-electron chi connectivity index (χ2n) is 8.58. The lowest BCUT2D eigenvalue weighted by Gasteiger charge is -2.49. The minimum Gasteiger partial charge on any atom is -0.504 e. The number of aliphatic carboxylic acids is 1. The van der Waals surface area contributed by atoms with E-state index in [1.165, 1.54) is 63.2 Å². The molecule has 0 radical (unpaired) electrons. The number of aromatic hydroxyl groups is 2. The molecule has 6 N–H and O–H groups in total. The number of hydrogen-bond donors (Lipinski definition) is 5. The molecule has 5 rings (SSSR count). The Kier molecular flexibility index (Phi) is 8.02. The van der Waals surface area contributed by atoms with Crippen LogP contribution in [0.1, 0.15) is 19.0 Å². The van der Waals surface area contributed by atoms with Crippen LogP contribution in [0.4, 0.5) is 5.13 Å². The summed E-state index contributed by atoms with van der Waals surface area (Å²) in [6.45, 7) is 1.88. The van der Waals surface area contributed by atoms with Crippen LogP contribution in [0.5, 0.6) is 11.5 Å². The summed E-state index contributed by atoms with van der Waals surface area (Å²) >= 11 is 5.13. The number of nitrogens with two attached hydrogens (primary N) is 1. The van der Waals surface area contributed by atoms with Crippen LogP contribution in [0, 0.1) is 0 Å². The summed E-state index contributed by atoms with van der Waals surface area (Å²) in [5.74, 6) is -2.08. The van der Waals surface area contributed by atoms with Crippen molar-refractivity contribution < 1.29 is 29.7 Å². The molecular formula is C24H22N6O6S4. The number of hydrogen-bond acceptors (Lipinski definition) is 13. The van der Waals surface area contributed by atoms with Gasteiger partial charge in [0.2, 0.25) is 0 Å². The summed E-state index contributed by atoms with van der Waals surface area (Å²) in [7, 11) is 0. The van der Waals surface area contributed by atoms with Crippen LogP contribution in [0.25, 0.3) is 16.1 Å². The molecule has 3 aromatic rings. The molecule has 0 saturated carbocycles. The molecule has 2 aliphatic heterocycles. The van der Waals surface area contributed by atoms with Gasteiger partial charge < -0.3 is 26.4 Å². The second kappa shape index (κ2) is 11.5. The van der Waals surface area contributed by atoms with E-state index in [0.29, 0.717) is 49.1 Å². The van der Waals surface area contributed by atoms with Gasteiger partial charge in [0.1, 0.15) is 22.1 Å². The van der Waals surface area contributed by atoms with Crippen molar-refractivity contribution in [2.24, 2.45) is 0 Å². The van der Waals surface area contributed by atoms with Gasteiger partial charge in [-0.25, -0.2) is 9.78 Å². The highest BCUT2D eigenvalue weighted by atomic mass is 32.2. The fourth-order valence-corrected chi connectivity index (χ4v) is 8.03. The Balaban J connectivity index is 1.28. The first-order valence-electron chi connectivity index (χ1n) is 11.8. The average Bonchev–Trinajstić information content (AvgIpc) is 3.59. The third-order valence-electron chi connectivity index (χ3n) is 5.99. The number of nitrogens with one attached hydrogen (secondary N) is 1. The molecule has 4 heterocycles. The maximum absolute atomic E-state index is 13.1. The van der Waals surface area contributed by atoms with E-state index in [4.69, 9.17) is 5.73 Å². The van der Waals surface area contributed by atoms with E-state index in [-0.39, 0.29) is 22.9 Å². The molecular weight excluding hydrogens is 597 g/mol. The van der Waals surface area contributed by atoms with Gasteiger partial charge in [-0.2, -0.15) is 0 Å². The smallest absolute Gasteiger partial charge is 0.352 e. The van der Waals surface area contributed by atoms with Crippen LogP contribution in [0.2, 0.25) is 0 Å². The summed E-state index contributed by atoms with van der Waals surface area (Å²) in [6, 6.07) is 3.47. The molecule has 0 spiro atoms. The van der Waals surface area contributed by atoms with Gasteiger partial charge in [-0.1, -0.05) is 36.1 Å². The Morgan fingerprint density at radius 3 is 2.75 bits per heavy atom. The zero-order valence-corrected chi connectivity index (χ0v) is 24.0. The van der Waals surface area contributed by atoms with Crippen molar-refractivity contribution in [3.05, 3.63) is 46.6 Å².